The zero-order valence-corrected chi connectivity index (χ0v) is 24.4. The maximum atomic E-state index is 13.0. The minimum atomic E-state index is -5.03. The first-order chi connectivity index (χ1) is 16.6. The van der Waals surface area contributed by atoms with Gasteiger partial charge in [0, 0.05) is 0 Å². The van der Waals surface area contributed by atoms with E-state index in [9.17, 15) is 33.7 Å². The Hall–Kier alpha value is -1.49. The lowest BCUT2D eigenvalue weighted by Crippen LogP contribution is -2.59. The van der Waals surface area contributed by atoms with Crippen molar-refractivity contribution in [1.82, 2.24) is 0 Å². The molecule has 0 bridgehead atoms. The third-order valence-electron chi connectivity index (χ3n) is 4.98. The molecule has 0 aromatic heterocycles. The first-order valence-corrected chi connectivity index (χ1v) is 20.8. The summed E-state index contributed by atoms with van der Waals surface area (Å²) in [4.78, 5) is 0. The molecule has 0 saturated carbocycles. The highest BCUT2D eigenvalue weighted by atomic mass is 32.3. The molecule has 1 fully saturated rings. The molecule has 1 aliphatic rings. The van der Waals surface area contributed by atoms with Gasteiger partial charge in [-0.2, -0.15) is 33.7 Å². The van der Waals surface area contributed by atoms with Crippen molar-refractivity contribution in [1.29, 1.82) is 0 Å². The smallest absolute Gasteiger partial charge is 0.278 e. The summed E-state index contributed by atoms with van der Waals surface area (Å²) >= 11 is 0. The van der Waals surface area contributed by atoms with Gasteiger partial charge in [0.15, 0.2) is 0 Å². The van der Waals surface area contributed by atoms with E-state index < -0.39 is 67.8 Å². The normalized spacial score (nSPS) is 29.8. The first-order valence-electron chi connectivity index (χ1n) is 10.4. The predicted molar refractivity (Wildman–Crippen MR) is 134 cm³/mol. The van der Waals surface area contributed by atoms with E-state index in [0.717, 1.165) is 0 Å². The van der Waals surface area contributed by atoms with Gasteiger partial charge in [0.1, 0.15) is 0 Å². The third-order valence-corrected chi connectivity index (χ3v) is 22.3. The molecule has 1 heterocycles. The summed E-state index contributed by atoms with van der Waals surface area (Å²) in [6, 6.07) is 13.7. The van der Waals surface area contributed by atoms with Crippen LogP contribution in [0.5, 0.6) is 0 Å². The lowest BCUT2D eigenvalue weighted by molar-refractivity contribution is 0.379. The van der Waals surface area contributed by atoms with Crippen LogP contribution in [0.25, 0.3) is 0 Å². The standard InChI is InChI=1S/C18H24O12S4Si2/c1-3-35(17-11-7-5-8-12-17)27-31(19,20)15-33(23,24)29-36(4-2,18-13-9-6-10-14-18)30-34(25,26)16-32(21,22)28-35/h5-14H,3-4,15-16H2,1-2H3. The van der Waals surface area contributed by atoms with Crippen LogP contribution in [0.15, 0.2) is 60.7 Å². The van der Waals surface area contributed by atoms with Crippen LogP contribution in [0.4, 0.5) is 0 Å². The van der Waals surface area contributed by atoms with Gasteiger partial charge in [-0.05, 0) is 22.5 Å². The van der Waals surface area contributed by atoms with Gasteiger partial charge >= 0.3 is 17.1 Å². The highest BCUT2D eigenvalue weighted by Gasteiger charge is 2.53. The molecule has 18 heteroatoms. The van der Waals surface area contributed by atoms with Crippen molar-refractivity contribution >= 4 is 68.0 Å². The van der Waals surface area contributed by atoms with Crippen LogP contribution in [0.3, 0.4) is 0 Å². The third kappa shape index (κ3) is 6.88. The molecule has 0 aliphatic carbocycles. The quantitative estimate of drug-likeness (QED) is 0.423. The molecule has 36 heavy (non-hydrogen) atoms. The molecular weight excluding hydrogens is 593 g/mol. The molecule has 1 aliphatic heterocycles. The van der Waals surface area contributed by atoms with Gasteiger partial charge < -0.3 is 0 Å². The molecular formula is C18H24O12S4Si2. The predicted octanol–water partition coefficient (Wildman–Crippen LogP) is 0.0392. The Kier molecular flexibility index (Phi) is 8.36. The van der Waals surface area contributed by atoms with Crippen LogP contribution in [-0.4, -0.2) is 61.0 Å². The van der Waals surface area contributed by atoms with E-state index in [1.165, 1.54) is 62.4 Å². The fourth-order valence-electron chi connectivity index (χ4n) is 3.52. The zero-order valence-electron chi connectivity index (χ0n) is 19.1. The molecule has 200 valence electrons. The van der Waals surface area contributed by atoms with Gasteiger partial charge in [0.05, 0.1) is 0 Å². The summed E-state index contributed by atoms with van der Waals surface area (Å²) in [5, 5.41) is -3.41. The average molecular weight is 617 g/mol. The van der Waals surface area contributed by atoms with Gasteiger partial charge in [-0.1, -0.05) is 74.5 Å². The van der Waals surface area contributed by atoms with E-state index in [1.807, 2.05) is 0 Å². The van der Waals surface area contributed by atoms with Crippen molar-refractivity contribution in [2.24, 2.45) is 0 Å². The van der Waals surface area contributed by atoms with E-state index in [0.29, 0.717) is 0 Å². The van der Waals surface area contributed by atoms with Crippen LogP contribution in [0.1, 0.15) is 13.8 Å². The van der Waals surface area contributed by atoms with Crippen molar-refractivity contribution in [2.45, 2.75) is 25.9 Å². The molecule has 0 unspecified atom stereocenters. The maximum absolute atomic E-state index is 13.0. The Labute approximate surface area is 213 Å². The summed E-state index contributed by atoms with van der Waals surface area (Å²) in [5.74, 6) is 0. The van der Waals surface area contributed by atoms with E-state index in [-0.39, 0.29) is 22.5 Å². The lowest BCUT2D eigenvalue weighted by atomic mass is 10.4. The molecule has 0 radical (unpaired) electrons. The average Bonchev–Trinajstić information content (AvgIpc) is 2.76. The second kappa shape index (κ2) is 10.3. The van der Waals surface area contributed by atoms with Crippen molar-refractivity contribution in [2.75, 3.05) is 10.2 Å². The van der Waals surface area contributed by atoms with Gasteiger partial charge in [0.25, 0.3) is 40.5 Å². The van der Waals surface area contributed by atoms with E-state index in [4.69, 9.17) is 15.5 Å². The van der Waals surface area contributed by atoms with Crippen molar-refractivity contribution in [3.8, 4) is 0 Å². The topological polar surface area (TPSA) is 173 Å². The minimum absolute atomic E-state index is 0.0231. The van der Waals surface area contributed by atoms with Crippen LogP contribution in [-0.2, 0) is 56.0 Å². The van der Waals surface area contributed by atoms with Gasteiger partial charge in [-0.3, -0.25) is 15.5 Å². The number of benzene rings is 2. The maximum Gasteiger partial charge on any atom is 0.406 e. The van der Waals surface area contributed by atoms with Crippen molar-refractivity contribution in [3.05, 3.63) is 60.7 Å². The Morgan fingerprint density at radius 3 is 1.00 bits per heavy atom. The monoisotopic (exact) mass is 616 g/mol. The summed E-state index contributed by atoms with van der Waals surface area (Å²) in [7, 11) is -29.1. The minimum Gasteiger partial charge on any atom is -0.278 e. The number of hydrogen-bond donors (Lipinski definition) is 0. The lowest BCUT2D eigenvalue weighted by Gasteiger charge is -2.31. The van der Waals surface area contributed by atoms with E-state index in [2.05, 4.69) is 0 Å². The zero-order chi connectivity index (χ0) is 26.9. The number of hydrogen-bond acceptors (Lipinski definition) is 12. The molecule has 0 N–H and O–H groups in total. The highest BCUT2D eigenvalue weighted by molar-refractivity contribution is 8.06. The molecule has 3 rings (SSSR count). The van der Waals surface area contributed by atoms with Gasteiger partial charge in [0.2, 0.25) is 10.2 Å². The van der Waals surface area contributed by atoms with Crippen LogP contribution >= 0.6 is 0 Å². The van der Waals surface area contributed by atoms with Crippen molar-refractivity contribution < 1.29 is 49.2 Å². The summed E-state index contributed by atoms with van der Waals surface area (Å²) in [5.41, 5.74) is 0. The molecule has 1 saturated heterocycles. The van der Waals surface area contributed by atoms with E-state index in [1.54, 1.807) is 12.1 Å². The molecule has 2 aromatic rings. The fourth-order valence-corrected chi connectivity index (χ4v) is 21.8. The Balaban J connectivity index is 2.24. The summed E-state index contributed by atoms with van der Waals surface area (Å²) in [6.45, 7) is 2.74. The molecule has 12 nitrogen and oxygen atoms in total. The highest BCUT2D eigenvalue weighted by Crippen LogP contribution is 2.27. The number of rotatable bonds is 4. The fraction of sp³-hybridized carbons (Fsp3) is 0.333. The van der Waals surface area contributed by atoms with Gasteiger partial charge in [-0.25, -0.2) is 0 Å². The van der Waals surface area contributed by atoms with E-state index >= 15 is 0 Å². The van der Waals surface area contributed by atoms with Crippen molar-refractivity contribution in [3.63, 3.8) is 0 Å². The first kappa shape index (κ1) is 29.1. The summed E-state index contributed by atoms with van der Waals surface area (Å²) in [6.07, 6.45) is 0. The van der Waals surface area contributed by atoms with Crippen LogP contribution in [0, 0.1) is 0 Å². The Bertz CT molecular complexity index is 1320. The van der Waals surface area contributed by atoms with Gasteiger partial charge in [-0.15, -0.1) is 0 Å². The Morgan fingerprint density at radius 2 is 0.778 bits per heavy atom. The Morgan fingerprint density at radius 1 is 0.528 bits per heavy atom. The largest absolute Gasteiger partial charge is 0.406 e. The second-order valence-electron chi connectivity index (χ2n) is 7.74. The molecule has 0 atom stereocenters. The summed E-state index contributed by atoms with van der Waals surface area (Å²) < 4.78 is 125. The molecule has 0 amide bonds. The SMILES string of the molecule is CC[Si]1(c2ccccc2)OS(=O)(=O)CS(=O)(=O)O[Si](CC)(c2ccccc2)OS(=O)(=O)CS(=O)(=O)O1. The van der Waals surface area contributed by atoms with Crippen LogP contribution < -0.4 is 10.4 Å². The molecule has 0 spiro atoms. The second-order valence-corrected chi connectivity index (χ2v) is 22.3. The van der Waals surface area contributed by atoms with Crippen LogP contribution in [0.2, 0.25) is 12.1 Å². The molecule has 2 aromatic carbocycles.